The average molecular weight is 597 g/mol. The Balaban J connectivity index is 1.34. The minimum atomic E-state index is -0.112. The molecule has 0 unspecified atom stereocenters. The highest BCUT2D eigenvalue weighted by atomic mass is 16.5. The van der Waals surface area contributed by atoms with Crippen molar-refractivity contribution in [1.82, 2.24) is 18.8 Å². The first kappa shape index (κ1) is 24.1. The van der Waals surface area contributed by atoms with Crippen LogP contribution in [-0.2, 0) is 0 Å². The van der Waals surface area contributed by atoms with Crippen LogP contribution < -0.4 is 20.6 Å². The zero-order chi connectivity index (χ0) is 30.6. The van der Waals surface area contributed by atoms with E-state index in [4.69, 9.17) is 19.4 Å². The smallest absolute Gasteiger partial charge is 0.264 e. The van der Waals surface area contributed by atoms with Gasteiger partial charge in [-0.05, 0) is 80.8 Å². The van der Waals surface area contributed by atoms with Crippen molar-refractivity contribution in [2.24, 2.45) is 0 Å². The van der Waals surface area contributed by atoms with E-state index >= 15 is 0 Å². The Kier molecular flexibility index (Phi) is 4.12. The second-order valence-corrected chi connectivity index (χ2v) is 12.0. The summed E-state index contributed by atoms with van der Waals surface area (Å²) in [4.78, 5) is 38.2. The largest absolute Gasteiger partial charge is 0.497 e. The molecule has 0 saturated carbocycles. The normalized spacial score (nSPS) is 12.7. The van der Waals surface area contributed by atoms with Gasteiger partial charge in [-0.1, -0.05) is 24.3 Å². The van der Waals surface area contributed by atoms with Crippen LogP contribution in [-0.4, -0.2) is 33.0 Å². The number of ether oxygens (including phenoxy) is 2. The van der Waals surface area contributed by atoms with E-state index in [9.17, 15) is 9.59 Å². The van der Waals surface area contributed by atoms with Crippen LogP contribution in [0.3, 0.4) is 0 Å². The first-order valence-electron chi connectivity index (χ1n) is 15.0. The number of nitrogens with zero attached hydrogens (tertiary/aromatic N) is 4. The summed E-state index contributed by atoms with van der Waals surface area (Å²) in [5, 5.41) is 11.1. The van der Waals surface area contributed by atoms with E-state index in [-0.39, 0.29) is 11.1 Å². The molecule has 11 rings (SSSR count). The summed E-state index contributed by atoms with van der Waals surface area (Å²) in [6, 6.07) is 27.6. The van der Waals surface area contributed by atoms with Gasteiger partial charge in [0.2, 0.25) is 0 Å². The Hall–Kier alpha value is -6.28. The van der Waals surface area contributed by atoms with Gasteiger partial charge in [0.15, 0.2) is 0 Å². The minimum absolute atomic E-state index is 0.112. The first-order valence-corrected chi connectivity index (χ1v) is 15.0. The summed E-state index contributed by atoms with van der Waals surface area (Å²) >= 11 is 0. The quantitative estimate of drug-likeness (QED) is 0.154. The molecule has 11 aromatic rings. The molecule has 7 aromatic carbocycles. The molecular weight excluding hydrogens is 576 g/mol. The summed E-state index contributed by atoms with van der Waals surface area (Å²) in [5.41, 5.74) is 3.94. The Morgan fingerprint density at radius 2 is 0.804 bits per heavy atom. The van der Waals surface area contributed by atoms with Crippen molar-refractivity contribution in [2.75, 3.05) is 14.2 Å². The molecule has 46 heavy (non-hydrogen) atoms. The van der Waals surface area contributed by atoms with Crippen LogP contribution in [0.4, 0.5) is 0 Å². The van der Waals surface area contributed by atoms with Crippen LogP contribution in [0.2, 0.25) is 0 Å². The van der Waals surface area contributed by atoms with Crippen molar-refractivity contribution in [1.29, 1.82) is 0 Å². The lowest BCUT2D eigenvalue weighted by Crippen LogP contribution is -2.14. The molecule has 0 aliphatic rings. The molecule has 0 fully saturated rings. The Morgan fingerprint density at radius 3 is 1.20 bits per heavy atom. The van der Waals surface area contributed by atoms with Gasteiger partial charge in [0.1, 0.15) is 22.8 Å². The molecule has 0 amide bonds. The monoisotopic (exact) mass is 596 g/mol. The van der Waals surface area contributed by atoms with Gasteiger partial charge in [0.05, 0.1) is 36.3 Å². The number of fused-ring (bicyclic) bond motifs is 10. The van der Waals surface area contributed by atoms with Crippen molar-refractivity contribution in [2.45, 2.75) is 0 Å². The molecular formula is C38H20N4O4. The van der Waals surface area contributed by atoms with Crippen molar-refractivity contribution >= 4 is 98.0 Å². The number of pyridine rings is 2. The van der Waals surface area contributed by atoms with E-state index in [1.54, 1.807) is 23.0 Å². The van der Waals surface area contributed by atoms with Crippen molar-refractivity contribution < 1.29 is 9.47 Å². The maximum atomic E-state index is 14.2. The molecule has 8 nitrogen and oxygen atoms in total. The van der Waals surface area contributed by atoms with Crippen LogP contribution in [0.25, 0.3) is 98.0 Å². The van der Waals surface area contributed by atoms with Gasteiger partial charge in [0.25, 0.3) is 11.1 Å². The predicted octanol–water partition coefficient (Wildman–Crippen LogP) is 7.26. The Labute approximate surface area is 257 Å². The third kappa shape index (κ3) is 2.61. The predicted molar refractivity (Wildman–Crippen MR) is 183 cm³/mol. The minimum Gasteiger partial charge on any atom is -0.497 e. The fourth-order valence-electron chi connectivity index (χ4n) is 8.00. The zero-order valence-corrected chi connectivity index (χ0v) is 24.5. The molecule has 0 bridgehead atoms. The third-order valence-electron chi connectivity index (χ3n) is 9.97. The number of benzene rings is 7. The van der Waals surface area contributed by atoms with Crippen LogP contribution >= 0.6 is 0 Å². The van der Waals surface area contributed by atoms with Gasteiger partial charge in [-0.15, -0.1) is 0 Å². The molecule has 4 heterocycles. The van der Waals surface area contributed by atoms with Gasteiger partial charge < -0.3 is 9.47 Å². The van der Waals surface area contributed by atoms with E-state index in [1.165, 1.54) is 0 Å². The van der Waals surface area contributed by atoms with E-state index in [0.29, 0.717) is 33.6 Å². The van der Waals surface area contributed by atoms with Crippen molar-refractivity contribution in [3.63, 3.8) is 0 Å². The van der Waals surface area contributed by atoms with Gasteiger partial charge >= 0.3 is 0 Å². The van der Waals surface area contributed by atoms with E-state index < -0.39 is 0 Å². The summed E-state index contributed by atoms with van der Waals surface area (Å²) in [6.07, 6.45) is 0. The average Bonchev–Trinajstić information content (AvgIpc) is 3.67. The highest BCUT2D eigenvalue weighted by Crippen LogP contribution is 2.45. The number of imidazole rings is 2. The van der Waals surface area contributed by atoms with E-state index in [0.717, 1.165) is 75.9 Å². The molecule has 0 saturated heterocycles. The molecule has 8 heteroatoms. The van der Waals surface area contributed by atoms with Gasteiger partial charge in [0, 0.05) is 44.5 Å². The highest BCUT2D eigenvalue weighted by Gasteiger charge is 2.24. The molecule has 216 valence electrons. The molecule has 0 aliphatic heterocycles. The molecule has 0 aliphatic carbocycles. The second-order valence-electron chi connectivity index (χ2n) is 12.0. The Bertz CT molecular complexity index is 3030. The second kappa shape index (κ2) is 7.86. The van der Waals surface area contributed by atoms with Gasteiger partial charge in [-0.25, -0.2) is 9.97 Å². The molecule has 0 radical (unpaired) electrons. The van der Waals surface area contributed by atoms with E-state index in [1.807, 2.05) is 60.7 Å². The lowest BCUT2D eigenvalue weighted by atomic mass is 9.86. The topological polar surface area (TPSA) is 87.2 Å². The Morgan fingerprint density at radius 1 is 0.457 bits per heavy atom. The summed E-state index contributed by atoms with van der Waals surface area (Å²) in [5.74, 6) is 1.34. The van der Waals surface area contributed by atoms with Crippen LogP contribution in [0.5, 0.6) is 11.5 Å². The number of methoxy groups -OCH3 is 2. The lowest BCUT2D eigenvalue weighted by Gasteiger charge is -2.18. The molecule has 4 aromatic heterocycles. The van der Waals surface area contributed by atoms with Gasteiger partial charge in [-0.3, -0.25) is 18.4 Å². The zero-order valence-electron chi connectivity index (χ0n) is 24.5. The fraction of sp³-hybridized carbons (Fsp3) is 0.0526. The van der Waals surface area contributed by atoms with Gasteiger partial charge in [-0.2, -0.15) is 0 Å². The number of hydrogen-bond acceptors (Lipinski definition) is 6. The molecule has 0 atom stereocenters. The maximum absolute atomic E-state index is 14.2. The standard InChI is InChI=1S/C38H20N4O4/c1-45-17-3-13-27-29(15-17)41-35(39-27)23-9-5-19-20-6-10-24-34-26(38(44)42-30-16-18(46-2)4-14-28(30)40-36(24)42)12-8-22(32(20)34)21-7-11-25(37(41)43)33(23)31(19)21/h3-16H,1-2H3. The third-order valence-corrected chi connectivity index (χ3v) is 9.97. The highest BCUT2D eigenvalue weighted by molar-refractivity contribution is 6.40. The molecule has 0 N–H and O–H groups in total. The van der Waals surface area contributed by atoms with Crippen molar-refractivity contribution in [3.05, 3.63) is 106 Å². The number of aromatic nitrogens is 4. The van der Waals surface area contributed by atoms with E-state index in [2.05, 4.69) is 24.3 Å². The summed E-state index contributed by atoms with van der Waals surface area (Å²) in [6.45, 7) is 0. The summed E-state index contributed by atoms with van der Waals surface area (Å²) in [7, 11) is 3.23. The number of hydrogen-bond donors (Lipinski definition) is 0. The van der Waals surface area contributed by atoms with Crippen LogP contribution in [0.15, 0.2) is 94.5 Å². The van der Waals surface area contributed by atoms with Crippen LogP contribution in [0.1, 0.15) is 0 Å². The fourth-order valence-corrected chi connectivity index (χ4v) is 8.00. The van der Waals surface area contributed by atoms with Crippen LogP contribution in [0, 0.1) is 0 Å². The first-order chi connectivity index (χ1) is 22.6. The van der Waals surface area contributed by atoms with Crippen molar-refractivity contribution in [3.8, 4) is 11.5 Å². The number of rotatable bonds is 2. The summed E-state index contributed by atoms with van der Waals surface area (Å²) < 4.78 is 14.3. The molecule has 0 spiro atoms. The SMILES string of the molecule is COc1ccc2nc3c4ccc5c6ccc7c8c(ccc(c9ccc(c(=O)n3c2c1)c4c95)c68)c(=O)n1c2cc(OC)ccc2nc71. The maximum Gasteiger partial charge on any atom is 0.264 e. The lowest BCUT2D eigenvalue weighted by molar-refractivity contribution is 0.415.